The van der Waals surface area contributed by atoms with Gasteiger partial charge in [-0.05, 0) is 29.3 Å². The first-order valence-electron chi connectivity index (χ1n) is 4.30. The maximum Gasteiger partial charge on any atom is 0.248 e. The van der Waals surface area contributed by atoms with E-state index in [2.05, 4.69) is 4.98 Å². The van der Waals surface area contributed by atoms with Crippen LogP contribution in [0.1, 0.15) is 0 Å². The molecule has 0 saturated heterocycles. The zero-order chi connectivity index (χ0) is 10.8. The van der Waals surface area contributed by atoms with Gasteiger partial charge in [0.25, 0.3) is 0 Å². The van der Waals surface area contributed by atoms with Gasteiger partial charge in [0.05, 0.1) is 0 Å². The molecule has 76 valence electrons. The maximum absolute atomic E-state index is 12.9. The van der Waals surface area contributed by atoms with E-state index in [1.807, 2.05) is 0 Å². The van der Waals surface area contributed by atoms with Crippen molar-refractivity contribution in [1.82, 2.24) is 4.98 Å². The van der Waals surface area contributed by atoms with Crippen LogP contribution in [0, 0.1) is 11.6 Å². The summed E-state index contributed by atoms with van der Waals surface area (Å²) < 4.78 is 25.8. The number of hydrogen-bond donors (Lipinski definition) is 1. The molecule has 15 heavy (non-hydrogen) atoms. The third-order valence-corrected chi connectivity index (χ3v) is 1.97. The zero-order valence-corrected chi connectivity index (χ0v) is 7.63. The standard InChI is InChI=1S/C11H7F2NO/c12-9-3-8(4-10(13)6-9)7-1-2-14-11(15)5-7/h1-6H,(H,14,15). The number of pyridine rings is 1. The van der Waals surface area contributed by atoms with Crippen LogP contribution in [0.2, 0.25) is 0 Å². The maximum atomic E-state index is 12.9. The fourth-order valence-electron chi connectivity index (χ4n) is 1.34. The largest absolute Gasteiger partial charge is 0.329 e. The fraction of sp³-hybridized carbons (Fsp3) is 0. The van der Waals surface area contributed by atoms with Gasteiger partial charge in [-0.25, -0.2) is 8.78 Å². The van der Waals surface area contributed by atoms with Gasteiger partial charge in [-0.1, -0.05) is 0 Å². The highest BCUT2D eigenvalue weighted by Crippen LogP contribution is 2.19. The van der Waals surface area contributed by atoms with Crippen molar-refractivity contribution >= 4 is 0 Å². The van der Waals surface area contributed by atoms with Gasteiger partial charge in [0.1, 0.15) is 11.6 Å². The molecule has 0 spiro atoms. The van der Waals surface area contributed by atoms with Crippen molar-refractivity contribution in [2.24, 2.45) is 0 Å². The third kappa shape index (κ3) is 2.10. The van der Waals surface area contributed by atoms with Gasteiger partial charge in [-0.2, -0.15) is 0 Å². The highest BCUT2D eigenvalue weighted by molar-refractivity contribution is 5.62. The normalized spacial score (nSPS) is 10.3. The molecule has 0 aliphatic carbocycles. The number of aromatic amines is 1. The average molecular weight is 207 g/mol. The molecule has 1 heterocycles. The molecule has 0 amide bonds. The highest BCUT2D eigenvalue weighted by atomic mass is 19.1. The first-order chi connectivity index (χ1) is 7.15. The quantitative estimate of drug-likeness (QED) is 0.764. The molecule has 0 aliphatic rings. The predicted octanol–water partition coefficient (Wildman–Crippen LogP) is 2.32. The number of hydrogen-bond acceptors (Lipinski definition) is 1. The molecule has 0 bridgehead atoms. The summed E-state index contributed by atoms with van der Waals surface area (Å²) in [6, 6.07) is 6.01. The Morgan fingerprint density at radius 1 is 0.933 bits per heavy atom. The van der Waals surface area contributed by atoms with E-state index in [9.17, 15) is 13.6 Å². The predicted molar refractivity (Wildman–Crippen MR) is 52.4 cm³/mol. The van der Waals surface area contributed by atoms with Crippen molar-refractivity contribution < 1.29 is 8.78 Å². The Morgan fingerprint density at radius 3 is 2.20 bits per heavy atom. The van der Waals surface area contributed by atoms with Crippen LogP contribution in [0.15, 0.2) is 41.3 Å². The van der Waals surface area contributed by atoms with Crippen LogP contribution in [0.5, 0.6) is 0 Å². The van der Waals surface area contributed by atoms with Gasteiger partial charge in [0.15, 0.2) is 0 Å². The van der Waals surface area contributed by atoms with E-state index in [0.717, 1.165) is 6.07 Å². The van der Waals surface area contributed by atoms with E-state index in [-0.39, 0.29) is 5.56 Å². The molecule has 0 atom stereocenters. The summed E-state index contributed by atoms with van der Waals surface area (Å²) >= 11 is 0. The topological polar surface area (TPSA) is 32.9 Å². The molecule has 4 heteroatoms. The van der Waals surface area contributed by atoms with Crippen molar-refractivity contribution in [1.29, 1.82) is 0 Å². The Morgan fingerprint density at radius 2 is 1.60 bits per heavy atom. The minimum Gasteiger partial charge on any atom is -0.329 e. The molecule has 0 unspecified atom stereocenters. The minimum atomic E-state index is -0.662. The van der Waals surface area contributed by atoms with Crippen molar-refractivity contribution in [3.8, 4) is 11.1 Å². The Kier molecular flexibility index (Phi) is 2.33. The Labute approximate surface area is 84.2 Å². The molecular formula is C11H7F2NO. The van der Waals surface area contributed by atoms with Gasteiger partial charge >= 0.3 is 0 Å². The summed E-state index contributed by atoms with van der Waals surface area (Å²) in [4.78, 5) is 13.4. The van der Waals surface area contributed by atoms with Crippen molar-refractivity contribution in [3.05, 3.63) is 58.5 Å². The summed E-state index contributed by atoms with van der Waals surface area (Å²) in [5.74, 6) is -1.32. The number of aromatic nitrogens is 1. The first kappa shape index (κ1) is 9.58. The molecule has 0 saturated carbocycles. The smallest absolute Gasteiger partial charge is 0.248 e. The van der Waals surface area contributed by atoms with Crippen LogP contribution in [0.25, 0.3) is 11.1 Å². The summed E-state index contributed by atoms with van der Waals surface area (Å²) in [7, 11) is 0. The average Bonchev–Trinajstić information content (AvgIpc) is 2.16. The van der Waals surface area contributed by atoms with Crippen LogP contribution >= 0.6 is 0 Å². The number of H-pyrrole nitrogens is 1. The minimum absolute atomic E-state index is 0.308. The molecule has 1 aromatic carbocycles. The lowest BCUT2D eigenvalue weighted by Gasteiger charge is -2.01. The number of benzene rings is 1. The number of nitrogens with one attached hydrogen (secondary N) is 1. The van der Waals surface area contributed by atoms with E-state index in [0.29, 0.717) is 11.1 Å². The van der Waals surface area contributed by atoms with Crippen molar-refractivity contribution in [2.45, 2.75) is 0 Å². The molecule has 2 rings (SSSR count). The van der Waals surface area contributed by atoms with E-state index in [4.69, 9.17) is 0 Å². The Bertz CT molecular complexity index is 528. The van der Waals surface area contributed by atoms with Gasteiger partial charge in [-0.3, -0.25) is 4.79 Å². The summed E-state index contributed by atoms with van der Waals surface area (Å²) in [6.45, 7) is 0. The second-order valence-electron chi connectivity index (χ2n) is 3.10. The summed E-state index contributed by atoms with van der Waals surface area (Å²) in [6.07, 6.45) is 1.43. The van der Waals surface area contributed by atoms with Gasteiger partial charge in [0, 0.05) is 18.3 Å². The van der Waals surface area contributed by atoms with Crippen molar-refractivity contribution in [3.63, 3.8) is 0 Å². The van der Waals surface area contributed by atoms with Crippen LogP contribution in [-0.2, 0) is 0 Å². The fourth-order valence-corrected chi connectivity index (χ4v) is 1.34. The molecule has 0 aliphatic heterocycles. The van der Waals surface area contributed by atoms with E-state index in [1.54, 1.807) is 6.07 Å². The van der Waals surface area contributed by atoms with Gasteiger partial charge < -0.3 is 4.98 Å². The van der Waals surface area contributed by atoms with Gasteiger partial charge in [0.2, 0.25) is 5.56 Å². The SMILES string of the molecule is O=c1cc(-c2cc(F)cc(F)c2)cc[nH]1. The third-order valence-electron chi connectivity index (χ3n) is 1.97. The van der Waals surface area contributed by atoms with E-state index < -0.39 is 11.6 Å². The number of halogens is 2. The number of rotatable bonds is 1. The lowest BCUT2D eigenvalue weighted by molar-refractivity contribution is 0.584. The highest BCUT2D eigenvalue weighted by Gasteiger charge is 2.03. The van der Waals surface area contributed by atoms with Gasteiger partial charge in [-0.15, -0.1) is 0 Å². The second kappa shape index (κ2) is 3.65. The Hall–Kier alpha value is -1.97. The molecule has 0 fully saturated rings. The second-order valence-corrected chi connectivity index (χ2v) is 3.10. The molecule has 1 N–H and O–H groups in total. The zero-order valence-electron chi connectivity index (χ0n) is 7.63. The van der Waals surface area contributed by atoms with Crippen LogP contribution in [0.3, 0.4) is 0 Å². The van der Waals surface area contributed by atoms with Crippen molar-refractivity contribution in [2.75, 3.05) is 0 Å². The van der Waals surface area contributed by atoms with Crippen LogP contribution < -0.4 is 5.56 Å². The summed E-state index contributed by atoms with van der Waals surface area (Å²) in [5, 5.41) is 0. The lowest BCUT2D eigenvalue weighted by atomic mass is 10.1. The Balaban J connectivity index is 2.58. The molecule has 2 aromatic rings. The van der Waals surface area contributed by atoms with E-state index in [1.165, 1.54) is 24.4 Å². The lowest BCUT2D eigenvalue weighted by Crippen LogP contribution is -2.02. The monoisotopic (exact) mass is 207 g/mol. The van der Waals surface area contributed by atoms with Crippen LogP contribution in [0.4, 0.5) is 8.78 Å². The first-order valence-corrected chi connectivity index (χ1v) is 4.30. The van der Waals surface area contributed by atoms with Crippen LogP contribution in [-0.4, -0.2) is 4.98 Å². The molecular weight excluding hydrogens is 200 g/mol. The molecule has 0 radical (unpaired) electrons. The molecule has 2 nitrogen and oxygen atoms in total. The molecule has 1 aromatic heterocycles. The summed E-state index contributed by atoms with van der Waals surface area (Å²) in [5.41, 5.74) is 0.521. The van der Waals surface area contributed by atoms with E-state index >= 15 is 0 Å².